The van der Waals surface area contributed by atoms with Crippen LogP contribution in [0.2, 0.25) is 0 Å². The van der Waals surface area contributed by atoms with Gasteiger partial charge in [0.15, 0.2) is 0 Å². The van der Waals surface area contributed by atoms with Gasteiger partial charge in [-0.1, -0.05) is 0 Å². The molecule has 160 valence electrons. The van der Waals surface area contributed by atoms with Crippen molar-refractivity contribution >= 4 is 23.8 Å². The van der Waals surface area contributed by atoms with Gasteiger partial charge in [-0.15, -0.1) is 0 Å². The predicted molar refractivity (Wildman–Crippen MR) is 117 cm³/mol. The van der Waals surface area contributed by atoms with E-state index in [4.69, 9.17) is 15.0 Å². The second-order valence-corrected chi connectivity index (χ2v) is 9.56. The highest BCUT2D eigenvalue weighted by Crippen LogP contribution is 2.36. The van der Waals surface area contributed by atoms with Gasteiger partial charge in [0.05, 0.1) is 13.1 Å². The molecular weight excluding hydrogens is 378 g/mol. The van der Waals surface area contributed by atoms with Crippen molar-refractivity contribution in [2.45, 2.75) is 39.2 Å². The number of piperidine rings is 2. The molecule has 3 fully saturated rings. The van der Waals surface area contributed by atoms with Gasteiger partial charge in [0.2, 0.25) is 17.8 Å². The third-order valence-corrected chi connectivity index (χ3v) is 6.65. The SMILES string of the molecule is CC(C)Nc1nc(N2CCCC2)nc(N2CC3CC(C2)C[N+]2(C=CC=CC2=O)C3)n1. The first-order valence-electron chi connectivity index (χ1n) is 11.3. The number of allylic oxidation sites excluding steroid dienone is 2. The molecule has 1 aromatic rings. The number of hydrogen-bond donors (Lipinski definition) is 1. The minimum atomic E-state index is 0.223. The molecule has 1 amide bonds. The van der Waals surface area contributed by atoms with Gasteiger partial charge in [-0.25, -0.2) is 9.28 Å². The Balaban J connectivity index is 1.40. The number of carbonyl (C=O) groups is 1. The number of hydrogen-bond acceptors (Lipinski definition) is 7. The zero-order valence-corrected chi connectivity index (χ0v) is 18.0. The molecule has 8 heteroatoms. The topological polar surface area (TPSA) is 74.2 Å². The number of anilines is 3. The molecule has 1 N–H and O–H groups in total. The summed E-state index contributed by atoms with van der Waals surface area (Å²) in [6.45, 7) is 9.75. The van der Waals surface area contributed by atoms with Crippen LogP contribution in [-0.4, -0.2) is 70.7 Å². The van der Waals surface area contributed by atoms with Gasteiger partial charge in [0.1, 0.15) is 6.20 Å². The first-order chi connectivity index (χ1) is 14.5. The average Bonchev–Trinajstić information content (AvgIpc) is 3.24. The standard InChI is InChI=1S/C22H32N7O/c1-16(2)23-20-24-21(27-8-4-5-9-27)26-22(25-20)28-12-17-11-18(13-28)15-29(14-17)10-6-3-7-19(29)30/h3,6-7,10,16-18H,4-5,8-9,11-15H2,1-2H3,(H,23,24,25,26)/q+1. The van der Waals surface area contributed by atoms with Crippen LogP contribution < -0.4 is 15.1 Å². The van der Waals surface area contributed by atoms with Gasteiger partial charge >= 0.3 is 5.91 Å². The van der Waals surface area contributed by atoms with Crippen molar-refractivity contribution in [2.75, 3.05) is 54.4 Å². The number of rotatable bonds is 4. The van der Waals surface area contributed by atoms with E-state index in [0.29, 0.717) is 22.3 Å². The van der Waals surface area contributed by atoms with Crippen molar-refractivity contribution in [1.29, 1.82) is 0 Å². The van der Waals surface area contributed by atoms with E-state index in [9.17, 15) is 4.79 Å². The molecule has 1 aromatic heterocycles. The molecule has 0 radical (unpaired) electrons. The van der Waals surface area contributed by atoms with Crippen LogP contribution in [0.25, 0.3) is 0 Å². The van der Waals surface area contributed by atoms with Crippen LogP contribution in [0.1, 0.15) is 33.1 Å². The third-order valence-electron chi connectivity index (χ3n) is 6.65. The van der Waals surface area contributed by atoms with Crippen molar-refractivity contribution in [3.63, 3.8) is 0 Å². The fraction of sp³-hybridized carbons (Fsp3) is 0.636. The Labute approximate surface area is 178 Å². The second kappa shape index (κ2) is 7.65. The molecule has 0 aromatic carbocycles. The lowest BCUT2D eigenvalue weighted by molar-refractivity contribution is -0.816. The van der Waals surface area contributed by atoms with Crippen LogP contribution in [0.15, 0.2) is 24.4 Å². The fourth-order valence-electron chi connectivity index (χ4n) is 5.49. The van der Waals surface area contributed by atoms with Crippen LogP contribution in [0.3, 0.4) is 0 Å². The van der Waals surface area contributed by atoms with E-state index in [1.807, 2.05) is 12.2 Å². The molecule has 0 aliphatic carbocycles. The van der Waals surface area contributed by atoms with Crippen molar-refractivity contribution in [2.24, 2.45) is 11.8 Å². The second-order valence-electron chi connectivity index (χ2n) is 9.56. The summed E-state index contributed by atoms with van der Waals surface area (Å²) in [6, 6.07) is 0.265. The number of aromatic nitrogens is 3. The van der Waals surface area contributed by atoms with E-state index in [0.717, 1.165) is 51.2 Å². The maximum atomic E-state index is 12.7. The zero-order valence-electron chi connectivity index (χ0n) is 18.0. The predicted octanol–water partition coefficient (Wildman–Crippen LogP) is 2.18. The largest absolute Gasteiger partial charge is 0.352 e. The van der Waals surface area contributed by atoms with Crippen molar-refractivity contribution in [3.8, 4) is 0 Å². The van der Waals surface area contributed by atoms with E-state index >= 15 is 0 Å². The molecule has 8 nitrogen and oxygen atoms in total. The summed E-state index contributed by atoms with van der Waals surface area (Å²) in [5.41, 5.74) is 0. The Hall–Kier alpha value is -2.48. The summed E-state index contributed by atoms with van der Waals surface area (Å²) in [5, 5.41) is 3.37. The summed E-state index contributed by atoms with van der Waals surface area (Å²) >= 11 is 0. The first-order valence-corrected chi connectivity index (χ1v) is 11.3. The minimum Gasteiger partial charge on any atom is -0.352 e. The van der Waals surface area contributed by atoms with Gasteiger partial charge in [0, 0.05) is 50.1 Å². The minimum absolute atomic E-state index is 0.223. The fourth-order valence-corrected chi connectivity index (χ4v) is 5.49. The number of amides is 1. The Morgan fingerprint density at radius 3 is 2.30 bits per heavy atom. The normalized spacial score (nSPS) is 30.6. The summed E-state index contributed by atoms with van der Waals surface area (Å²) < 4.78 is 0.482. The van der Waals surface area contributed by atoms with Crippen molar-refractivity contribution < 1.29 is 9.28 Å². The molecule has 1 spiro atoms. The molecule has 4 aliphatic heterocycles. The van der Waals surface area contributed by atoms with Gasteiger partial charge in [-0.2, -0.15) is 15.0 Å². The van der Waals surface area contributed by atoms with E-state index in [2.05, 4.69) is 35.2 Å². The Kier molecular flexibility index (Phi) is 4.97. The highest BCUT2D eigenvalue weighted by molar-refractivity contribution is 5.83. The van der Waals surface area contributed by atoms with Crippen molar-refractivity contribution in [3.05, 3.63) is 24.4 Å². The smallest absolute Gasteiger partial charge is 0.343 e. The monoisotopic (exact) mass is 410 g/mol. The Morgan fingerprint density at radius 2 is 1.67 bits per heavy atom. The number of nitrogens with zero attached hydrogens (tertiary/aromatic N) is 6. The molecule has 0 saturated carbocycles. The summed E-state index contributed by atoms with van der Waals surface area (Å²) in [7, 11) is 0. The van der Waals surface area contributed by atoms with E-state index in [1.165, 1.54) is 19.3 Å². The molecular formula is C22H32N7O+. The molecule has 5 heterocycles. The molecule has 5 rings (SSSR count). The van der Waals surface area contributed by atoms with E-state index in [1.54, 1.807) is 6.08 Å². The Bertz CT molecular complexity index is 860. The van der Waals surface area contributed by atoms with Crippen LogP contribution in [0.4, 0.5) is 17.8 Å². The van der Waals surface area contributed by atoms with Crippen LogP contribution >= 0.6 is 0 Å². The van der Waals surface area contributed by atoms with Gasteiger partial charge in [-0.3, -0.25) is 0 Å². The van der Waals surface area contributed by atoms with Crippen LogP contribution in [0.5, 0.6) is 0 Å². The molecule has 2 unspecified atom stereocenters. The molecule has 2 bridgehead atoms. The van der Waals surface area contributed by atoms with Gasteiger partial charge in [-0.05, 0) is 45.3 Å². The lowest BCUT2D eigenvalue weighted by atomic mass is 9.83. The maximum Gasteiger partial charge on any atom is 0.343 e. The van der Waals surface area contributed by atoms with Gasteiger partial charge in [0.25, 0.3) is 0 Å². The lowest BCUT2D eigenvalue weighted by Crippen LogP contribution is -2.62. The summed E-state index contributed by atoms with van der Waals surface area (Å²) in [6.07, 6.45) is 11.3. The third kappa shape index (κ3) is 3.69. The lowest BCUT2D eigenvalue weighted by Gasteiger charge is -2.48. The molecule has 4 aliphatic rings. The summed E-state index contributed by atoms with van der Waals surface area (Å²) in [4.78, 5) is 31.6. The highest BCUT2D eigenvalue weighted by Gasteiger charge is 2.47. The van der Waals surface area contributed by atoms with E-state index < -0.39 is 0 Å². The maximum absolute atomic E-state index is 12.7. The molecule has 3 saturated heterocycles. The Morgan fingerprint density at radius 1 is 1.00 bits per heavy atom. The first kappa shape index (κ1) is 19.5. The quantitative estimate of drug-likeness (QED) is 0.763. The highest BCUT2D eigenvalue weighted by atomic mass is 16.2. The van der Waals surface area contributed by atoms with Crippen molar-refractivity contribution in [1.82, 2.24) is 15.0 Å². The van der Waals surface area contributed by atoms with Crippen LogP contribution in [-0.2, 0) is 4.79 Å². The van der Waals surface area contributed by atoms with Crippen LogP contribution in [0, 0.1) is 11.8 Å². The zero-order chi connectivity index (χ0) is 20.7. The number of quaternary nitrogens is 1. The number of fused-ring (bicyclic) bond motifs is 2. The molecule has 30 heavy (non-hydrogen) atoms. The number of nitrogens with one attached hydrogen (secondary N) is 1. The van der Waals surface area contributed by atoms with Gasteiger partial charge < -0.3 is 15.1 Å². The summed E-state index contributed by atoms with van der Waals surface area (Å²) in [5.74, 6) is 3.38. The molecule has 2 atom stereocenters. The van der Waals surface area contributed by atoms with E-state index in [-0.39, 0.29) is 11.9 Å². The number of carbonyl (C=O) groups excluding carboxylic acids is 1. The average molecular weight is 411 g/mol.